The molecule has 0 aromatic heterocycles. The van der Waals surface area contributed by atoms with Crippen LogP contribution in [0.4, 0.5) is 8.78 Å². The van der Waals surface area contributed by atoms with E-state index in [0.717, 1.165) is 25.0 Å². The third kappa shape index (κ3) is 2.25. The van der Waals surface area contributed by atoms with E-state index in [2.05, 4.69) is 0 Å². The third-order valence-corrected chi connectivity index (χ3v) is 2.14. The van der Waals surface area contributed by atoms with Crippen molar-refractivity contribution in [3.05, 3.63) is 35.4 Å². The van der Waals surface area contributed by atoms with Crippen LogP contribution in [0.15, 0.2) is 18.2 Å². The molecule has 0 bridgehead atoms. The van der Waals surface area contributed by atoms with Crippen LogP contribution in [0.3, 0.4) is 0 Å². The fourth-order valence-corrected chi connectivity index (χ4v) is 1.26. The lowest BCUT2D eigenvalue weighted by atomic mass is 10.1. The van der Waals surface area contributed by atoms with Gasteiger partial charge in [0, 0.05) is 0 Å². The van der Waals surface area contributed by atoms with Gasteiger partial charge in [-0.15, -0.1) is 0 Å². The molecule has 1 aromatic carbocycles. The highest BCUT2D eigenvalue weighted by atomic mass is 19.2. The molecule has 1 saturated heterocycles. The van der Waals surface area contributed by atoms with Crippen molar-refractivity contribution in [3.63, 3.8) is 0 Å². The van der Waals surface area contributed by atoms with Gasteiger partial charge in [-0.3, -0.25) is 0 Å². The highest BCUT2D eigenvalue weighted by Crippen LogP contribution is 2.17. The molecular formula is C10H10F2O. The van der Waals surface area contributed by atoms with Crippen LogP contribution in [0.2, 0.25) is 0 Å². The van der Waals surface area contributed by atoms with Crippen molar-refractivity contribution in [3.8, 4) is 0 Å². The molecule has 1 fully saturated rings. The number of aryl methyl sites for hydroxylation is 1. The molecule has 1 atom stereocenters. The molecule has 0 saturated carbocycles. The first-order valence-corrected chi connectivity index (χ1v) is 4.31. The van der Waals surface area contributed by atoms with Gasteiger partial charge in [0.15, 0.2) is 11.6 Å². The van der Waals surface area contributed by atoms with Gasteiger partial charge in [-0.2, -0.15) is 0 Å². The number of hydrogen-bond acceptors (Lipinski definition) is 1. The predicted octanol–water partition coefficient (Wildman–Crippen LogP) is 2.30. The number of halogens is 2. The molecule has 2 rings (SSSR count). The molecule has 1 unspecified atom stereocenters. The van der Waals surface area contributed by atoms with Crippen LogP contribution < -0.4 is 0 Å². The quantitative estimate of drug-likeness (QED) is 0.656. The van der Waals surface area contributed by atoms with E-state index in [4.69, 9.17) is 4.74 Å². The van der Waals surface area contributed by atoms with Crippen LogP contribution in [0.1, 0.15) is 12.0 Å². The second-order valence-electron chi connectivity index (χ2n) is 3.24. The maximum atomic E-state index is 12.7. The zero-order valence-corrected chi connectivity index (χ0v) is 7.09. The zero-order chi connectivity index (χ0) is 9.26. The molecule has 1 aliphatic rings. The Kier molecular flexibility index (Phi) is 2.27. The zero-order valence-electron chi connectivity index (χ0n) is 7.09. The fraction of sp³-hybridized carbons (Fsp3) is 0.400. The summed E-state index contributed by atoms with van der Waals surface area (Å²) in [7, 11) is 0. The molecule has 1 aromatic rings. The van der Waals surface area contributed by atoms with Crippen molar-refractivity contribution >= 4 is 0 Å². The van der Waals surface area contributed by atoms with Crippen molar-refractivity contribution in [2.75, 3.05) is 6.61 Å². The maximum Gasteiger partial charge on any atom is 0.159 e. The molecular weight excluding hydrogens is 174 g/mol. The predicted molar refractivity (Wildman–Crippen MR) is 44.4 cm³/mol. The van der Waals surface area contributed by atoms with Gasteiger partial charge in [0.2, 0.25) is 0 Å². The van der Waals surface area contributed by atoms with Crippen LogP contribution in [0.25, 0.3) is 0 Å². The highest BCUT2D eigenvalue weighted by molar-refractivity contribution is 5.18. The molecule has 70 valence electrons. The number of rotatable bonds is 3. The van der Waals surface area contributed by atoms with Gasteiger partial charge in [0.25, 0.3) is 0 Å². The summed E-state index contributed by atoms with van der Waals surface area (Å²) in [5.41, 5.74) is 0.828. The second kappa shape index (κ2) is 3.42. The largest absolute Gasteiger partial charge is 0.373 e. The van der Waals surface area contributed by atoms with E-state index in [1.165, 1.54) is 12.1 Å². The number of benzene rings is 1. The Bertz CT molecular complexity index is 308. The van der Waals surface area contributed by atoms with Gasteiger partial charge in [-0.05, 0) is 30.5 Å². The van der Waals surface area contributed by atoms with E-state index in [1.807, 2.05) is 0 Å². The molecule has 3 heteroatoms. The minimum atomic E-state index is -0.786. The summed E-state index contributed by atoms with van der Waals surface area (Å²) in [5, 5.41) is 0. The Morgan fingerprint density at radius 3 is 2.69 bits per heavy atom. The molecule has 0 aliphatic carbocycles. The van der Waals surface area contributed by atoms with Crippen LogP contribution in [-0.2, 0) is 11.2 Å². The summed E-state index contributed by atoms with van der Waals surface area (Å²) in [6.07, 6.45) is 1.99. The SMILES string of the molecule is Fc1ccc(CCC2CO2)cc1F. The van der Waals surface area contributed by atoms with Crippen LogP contribution in [0.5, 0.6) is 0 Å². The standard InChI is InChI=1S/C10H10F2O/c11-9-4-2-7(5-10(9)12)1-3-8-6-13-8/h2,4-5,8H,1,3,6H2. The Hall–Kier alpha value is -0.960. The van der Waals surface area contributed by atoms with Gasteiger partial charge in [-0.1, -0.05) is 6.07 Å². The number of ether oxygens (including phenoxy) is 1. The summed E-state index contributed by atoms with van der Waals surface area (Å²) in [6.45, 7) is 0.809. The first kappa shape index (κ1) is 8.63. The second-order valence-corrected chi connectivity index (χ2v) is 3.24. The average Bonchev–Trinajstić information content (AvgIpc) is 2.91. The Morgan fingerprint density at radius 2 is 2.08 bits per heavy atom. The number of hydrogen-bond donors (Lipinski definition) is 0. The van der Waals surface area contributed by atoms with E-state index in [-0.39, 0.29) is 0 Å². The van der Waals surface area contributed by atoms with Crippen molar-refractivity contribution in [1.29, 1.82) is 0 Å². The molecule has 13 heavy (non-hydrogen) atoms. The van der Waals surface area contributed by atoms with Gasteiger partial charge < -0.3 is 4.74 Å². The molecule has 0 N–H and O–H groups in total. The Balaban J connectivity index is 1.98. The van der Waals surface area contributed by atoms with Crippen LogP contribution in [-0.4, -0.2) is 12.7 Å². The minimum absolute atomic E-state index is 0.341. The van der Waals surface area contributed by atoms with E-state index in [0.29, 0.717) is 6.10 Å². The lowest BCUT2D eigenvalue weighted by Crippen LogP contribution is -1.93. The normalized spacial score (nSPS) is 20.3. The molecule has 1 nitrogen and oxygen atoms in total. The first-order chi connectivity index (χ1) is 6.25. The molecule has 1 aliphatic heterocycles. The fourth-order valence-electron chi connectivity index (χ4n) is 1.26. The average molecular weight is 184 g/mol. The van der Waals surface area contributed by atoms with Crippen molar-refractivity contribution in [2.45, 2.75) is 18.9 Å². The van der Waals surface area contributed by atoms with Crippen molar-refractivity contribution in [2.24, 2.45) is 0 Å². The van der Waals surface area contributed by atoms with Crippen molar-refractivity contribution < 1.29 is 13.5 Å². The van der Waals surface area contributed by atoms with Gasteiger partial charge in [-0.25, -0.2) is 8.78 Å². The molecule has 0 spiro atoms. The van der Waals surface area contributed by atoms with Gasteiger partial charge in [0.05, 0.1) is 12.7 Å². The summed E-state index contributed by atoms with van der Waals surface area (Å²) in [5.74, 6) is -1.55. The summed E-state index contributed by atoms with van der Waals surface area (Å²) >= 11 is 0. The highest BCUT2D eigenvalue weighted by Gasteiger charge is 2.21. The monoisotopic (exact) mass is 184 g/mol. The summed E-state index contributed by atoms with van der Waals surface area (Å²) < 4.78 is 30.2. The Morgan fingerprint density at radius 1 is 1.31 bits per heavy atom. The number of epoxide rings is 1. The van der Waals surface area contributed by atoms with E-state index in [1.54, 1.807) is 6.07 Å². The topological polar surface area (TPSA) is 12.5 Å². The van der Waals surface area contributed by atoms with E-state index in [9.17, 15) is 8.78 Å². The summed E-state index contributed by atoms with van der Waals surface area (Å²) in [6, 6.07) is 4.02. The molecule has 0 amide bonds. The molecule has 1 heterocycles. The first-order valence-electron chi connectivity index (χ1n) is 4.31. The van der Waals surface area contributed by atoms with Crippen LogP contribution in [0, 0.1) is 11.6 Å². The van der Waals surface area contributed by atoms with E-state index < -0.39 is 11.6 Å². The third-order valence-electron chi connectivity index (χ3n) is 2.14. The van der Waals surface area contributed by atoms with Crippen LogP contribution >= 0.6 is 0 Å². The lowest BCUT2D eigenvalue weighted by molar-refractivity contribution is 0.396. The minimum Gasteiger partial charge on any atom is -0.373 e. The van der Waals surface area contributed by atoms with Gasteiger partial charge >= 0.3 is 0 Å². The summed E-state index contributed by atoms with van der Waals surface area (Å²) in [4.78, 5) is 0. The van der Waals surface area contributed by atoms with Crippen molar-refractivity contribution in [1.82, 2.24) is 0 Å². The Labute approximate surface area is 75.3 Å². The van der Waals surface area contributed by atoms with E-state index >= 15 is 0 Å². The maximum absolute atomic E-state index is 12.7. The van der Waals surface area contributed by atoms with Gasteiger partial charge in [0.1, 0.15) is 0 Å². The lowest BCUT2D eigenvalue weighted by Gasteiger charge is -1.99. The smallest absolute Gasteiger partial charge is 0.159 e. The molecule has 0 radical (unpaired) electrons.